The van der Waals surface area contributed by atoms with Gasteiger partial charge in [-0.1, -0.05) is 24.3 Å². The maximum absolute atomic E-state index is 11.4. The summed E-state index contributed by atoms with van der Waals surface area (Å²) in [5.41, 5.74) is 0.839. The zero-order valence-electron chi connectivity index (χ0n) is 8.16. The first-order valence-electron chi connectivity index (χ1n) is 3.78. The monoisotopic (exact) mass is 201 g/mol. The number of hydrogen-bond donors (Lipinski definition) is 1. The van der Waals surface area contributed by atoms with Crippen molar-refractivity contribution < 1.29 is 8.39 Å². The lowest BCUT2D eigenvalue weighted by molar-refractivity contribution is 0.440. The van der Waals surface area contributed by atoms with Crippen molar-refractivity contribution in [1.29, 1.82) is 4.78 Å². The lowest BCUT2D eigenvalue weighted by Crippen LogP contribution is -2.01. The van der Waals surface area contributed by atoms with E-state index < -0.39 is 10.0 Å². The van der Waals surface area contributed by atoms with Gasteiger partial charge in [0.2, 0.25) is 0 Å². The van der Waals surface area contributed by atoms with Crippen molar-refractivity contribution in [2.75, 3.05) is 7.11 Å². The molecule has 0 aromatic rings. The van der Waals surface area contributed by atoms with Crippen molar-refractivity contribution in [1.82, 2.24) is 0 Å². The standard InChI is InChI=1S/C9H15NO2S/c1-5-9(7-6-8(2)3)13(10,11)12-4/h5-7,10H,2H2,1,3-4H3/b7-6-,9-5+. The average Bonchev–Trinajstić information content (AvgIpc) is 2.04. The van der Waals surface area contributed by atoms with E-state index >= 15 is 0 Å². The first-order valence-corrected chi connectivity index (χ1v) is 5.26. The summed E-state index contributed by atoms with van der Waals surface area (Å²) in [7, 11) is -1.82. The molecule has 74 valence electrons. The van der Waals surface area contributed by atoms with Crippen molar-refractivity contribution in [2.24, 2.45) is 0 Å². The Bertz CT molecular complexity index is 337. The van der Waals surface area contributed by atoms with E-state index in [0.717, 1.165) is 5.57 Å². The Morgan fingerprint density at radius 2 is 2.08 bits per heavy atom. The molecule has 0 aromatic heterocycles. The molecule has 1 unspecified atom stereocenters. The van der Waals surface area contributed by atoms with E-state index in [4.69, 9.17) is 4.78 Å². The van der Waals surface area contributed by atoms with Gasteiger partial charge < -0.3 is 0 Å². The Balaban J connectivity index is 4.87. The van der Waals surface area contributed by atoms with Crippen LogP contribution in [0.2, 0.25) is 0 Å². The third kappa shape index (κ3) is 4.05. The highest BCUT2D eigenvalue weighted by Gasteiger charge is 2.07. The van der Waals surface area contributed by atoms with Crippen LogP contribution in [0, 0.1) is 4.78 Å². The zero-order valence-corrected chi connectivity index (χ0v) is 8.98. The van der Waals surface area contributed by atoms with Crippen LogP contribution in [0.25, 0.3) is 0 Å². The van der Waals surface area contributed by atoms with Crippen molar-refractivity contribution in [3.05, 3.63) is 35.3 Å². The predicted octanol–water partition coefficient (Wildman–Crippen LogP) is 2.63. The van der Waals surface area contributed by atoms with Crippen molar-refractivity contribution in [3.8, 4) is 0 Å². The summed E-state index contributed by atoms with van der Waals surface area (Å²) in [5.74, 6) is 0. The second-order valence-electron chi connectivity index (χ2n) is 2.54. The lowest BCUT2D eigenvalue weighted by Gasteiger charge is -2.03. The molecule has 13 heavy (non-hydrogen) atoms. The third-order valence-corrected chi connectivity index (χ3v) is 2.82. The normalized spacial score (nSPS) is 17.3. The molecule has 0 spiro atoms. The number of rotatable bonds is 4. The van der Waals surface area contributed by atoms with E-state index in [1.165, 1.54) is 7.11 Å². The van der Waals surface area contributed by atoms with E-state index in [-0.39, 0.29) is 0 Å². The number of hydrogen-bond acceptors (Lipinski definition) is 3. The third-order valence-electron chi connectivity index (χ3n) is 1.36. The van der Waals surface area contributed by atoms with Gasteiger partial charge in [0.1, 0.15) is 0 Å². The fourth-order valence-corrected chi connectivity index (χ4v) is 1.41. The van der Waals surface area contributed by atoms with Crippen LogP contribution in [0.5, 0.6) is 0 Å². The van der Waals surface area contributed by atoms with E-state index in [0.29, 0.717) is 4.91 Å². The Hall–Kier alpha value is -0.870. The van der Waals surface area contributed by atoms with Crippen LogP contribution in [-0.2, 0) is 14.2 Å². The van der Waals surface area contributed by atoms with Crippen molar-refractivity contribution in [3.63, 3.8) is 0 Å². The van der Waals surface area contributed by atoms with Gasteiger partial charge >= 0.3 is 0 Å². The van der Waals surface area contributed by atoms with Gasteiger partial charge in [-0.15, -0.1) is 0 Å². The van der Waals surface area contributed by atoms with Gasteiger partial charge in [0.15, 0.2) is 10.0 Å². The van der Waals surface area contributed by atoms with Gasteiger partial charge in [0, 0.05) is 0 Å². The van der Waals surface area contributed by atoms with Crippen molar-refractivity contribution in [2.45, 2.75) is 13.8 Å². The summed E-state index contributed by atoms with van der Waals surface area (Å²) in [6, 6.07) is 0. The maximum Gasteiger partial charge on any atom is 0.190 e. The van der Waals surface area contributed by atoms with Crippen LogP contribution in [0.4, 0.5) is 0 Å². The predicted molar refractivity (Wildman–Crippen MR) is 55.6 cm³/mol. The molecule has 1 N–H and O–H groups in total. The molecule has 1 atom stereocenters. The number of allylic oxidation sites excluding steroid dienone is 4. The lowest BCUT2D eigenvalue weighted by atomic mass is 10.3. The fourth-order valence-electron chi connectivity index (χ4n) is 0.662. The fraction of sp³-hybridized carbons (Fsp3) is 0.333. The van der Waals surface area contributed by atoms with Gasteiger partial charge in [0.05, 0.1) is 12.0 Å². The highest BCUT2D eigenvalue weighted by molar-refractivity contribution is 7.91. The molecule has 0 bridgehead atoms. The quantitative estimate of drug-likeness (QED) is 0.711. The van der Waals surface area contributed by atoms with Crippen molar-refractivity contribution >= 4 is 10.0 Å². The largest absolute Gasteiger partial charge is 0.285 e. The summed E-state index contributed by atoms with van der Waals surface area (Å²) in [6.07, 6.45) is 4.88. The molecule has 0 aliphatic carbocycles. The molecular weight excluding hydrogens is 186 g/mol. The summed E-state index contributed by atoms with van der Waals surface area (Å²) in [6.45, 7) is 7.20. The molecule has 0 saturated heterocycles. The van der Waals surface area contributed by atoms with Crippen LogP contribution in [0.15, 0.2) is 35.3 Å². The Labute approximate surface area is 80.0 Å². The molecule has 0 heterocycles. The Morgan fingerprint density at radius 1 is 1.54 bits per heavy atom. The van der Waals surface area contributed by atoms with Gasteiger partial charge in [-0.3, -0.25) is 4.18 Å². The van der Waals surface area contributed by atoms with Crippen LogP contribution in [-0.4, -0.2) is 11.3 Å². The molecule has 0 saturated carbocycles. The molecule has 0 fully saturated rings. The van der Waals surface area contributed by atoms with Gasteiger partial charge in [-0.05, 0) is 19.9 Å². The van der Waals surface area contributed by atoms with Gasteiger partial charge in [-0.2, -0.15) is 0 Å². The van der Waals surface area contributed by atoms with Crippen LogP contribution >= 0.6 is 0 Å². The van der Waals surface area contributed by atoms with E-state index in [2.05, 4.69) is 10.8 Å². The molecule has 0 aromatic carbocycles. The summed E-state index contributed by atoms with van der Waals surface area (Å²) in [5, 5.41) is 0. The SMILES string of the molecule is C=C(C)/C=C\C(=C/C)S(=N)(=O)OC. The first kappa shape index (κ1) is 12.1. The molecule has 0 aliphatic rings. The van der Waals surface area contributed by atoms with E-state index in [9.17, 15) is 4.21 Å². The average molecular weight is 201 g/mol. The van der Waals surface area contributed by atoms with Crippen LogP contribution in [0.1, 0.15) is 13.8 Å². The minimum Gasteiger partial charge on any atom is -0.285 e. The highest BCUT2D eigenvalue weighted by Crippen LogP contribution is 2.11. The van der Waals surface area contributed by atoms with Gasteiger partial charge in [0.25, 0.3) is 0 Å². The zero-order chi connectivity index (χ0) is 10.5. The van der Waals surface area contributed by atoms with E-state index in [1.54, 1.807) is 25.2 Å². The van der Waals surface area contributed by atoms with Crippen LogP contribution in [0.3, 0.4) is 0 Å². The Morgan fingerprint density at radius 3 is 2.38 bits per heavy atom. The smallest absolute Gasteiger partial charge is 0.190 e. The maximum atomic E-state index is 11.4. The molecule has 0 radical (unpaired) electrons. The molecule has 0 amide bonds. The Kier molecular flexibility index (Phi) is 4.66. The second kappa shape index (κ2) is 4.99. The minimum atomic E-state index is -3.07. The molecule has 0 aliphatic heterocycles. The second-order valence-corrected chi connectivity index (χ2v) is 4.35. The summed E-state index contributed by atoms with van der Waals surface area (Å²) < 4.78 is 23.3. The number of nitrogens with one attached hydrogen (secondary N) is 1. The molecule has 3 nitrogen and oxygen atoms in total. The minimum absolute atomic E-state index is 0.359. The topological polar surface area (TPSA) is 50.2 Å². The van der Waals surface area contributed by atoms with E-state index in [1.807, 2.05) is 6.92 Å². The van der Waals surface area contributed by atoms with Crippen LogP contribution < -0.4 is 0 Å². The molecule has 4 heteroatoms. The molecular formula is C9H15NO2S. The summed E-state index contributed by atoms with van der Waals surface area (Å²) >= 11 is 0. The molecule has 0 rings (SSSR count). The summed E-state index contributed by atoms with van der Waals surface area (Å²) in [4.78, 5) is 0.359. The highest BCUT2D eigenvalue weighted by atomic mass is 32.2. The first-order chi connectivity index (χ1) is 5.94. The van der Waals surface area contributed by atoms with Gasteiger partial charge in [-0.25, -0.2) is 8.99 Å².